The lowest BCUT2D eigenvalue weighted by Gasteiger charge is -2.37. The number of rotatable bonds is 5. The molecule has 0 atom stereocenters. The molecule has 0 saturated carbocycles. The molecule has 2 aromatic heterocycles. The fourth-order valence-electron chi connectivity index (χ4n) is 3.22. The number of aryl methyl sites for hydroxylation is 2. The highest BCUT2D eigenvalue weighted by atomic mass is 32.1. The Kier molecular flexibility index (Phi) is 4.61. The fourth-order valence-corrected chi connectivity index (χ4v) is 4.22. The highest BCUT2D eigenvalue weighted by Gasteiger charge is 2.32. The number of ether oxygens (including phenoxy) is 1. The predicted molar refractivity (Wildman–Crippen MR) is 91.8 cm³/mol. The van der Waals surface area contributed by atoms with Crippen LogP contribution in [0.4, 0.5) is 5.82 Å². The van der Waals surface area contributed by atoms with Gasteiger partial charge in [-0.3, -0.25) is 0 Å². The second-order valence-corrected chi connectivity index (χ2v) is 7.43. The van der Waals surface area contributed by atoms with Gasteiger partial charge in [0.05, 0.1) is 12.0 Å². The summed E-state index contributed by atoms with van der Waals surface area (Å²) >= 11 is 1.74. The van der Waals surface area contributed by atoms with E-state index in [0.29, 0.717) is 0 Å². The Labute approximate surface area is 135 Å². The van der Waals surface area contributed by atoms with Crippen molar-refractivity contribution in [2.45, 2.75) is 26.7 Å². The van der Waals surface area contributed by atoms with Crippen molar-refractivity contribution in [3.63, 3.8) is 0 Å². The summed E-state index contributed by atoms with van der Waals surface area (Å²) in [5.41, 5.74) is 1.48. The molecule has 0 aliphatic carbocycles. The SMILES string of the molecule is COCC1(CNc2ncnc3sc(C)c(C)c23)CCNCC1. The number of nitrogens with one attached hydrogen (secondary N) is 2. The molecule has 2 N–H and O–H groups in total. The molecule has 1 aliphatic heterocycles. The molecule has 3 heterocycles. The number of piperidine rings is 1. The van der Waals surface area contributed by atoms with E-state index in [-0.39, 0.29) is 5.41 Å². The lowest BCUT2D eigenvalue weighted by Crippen LogP contribution is -2.44. The van der Waals surface area contributed by atoms with Gasteiger partial charge < -0.3 is 15.4 Å². The number of aromatic nitrogens is 2. The molecule has 0 unspecified atom stereocenters. The molecule has 0 bridgehead atoms. The average molecular weight is 320 g/mol. The zero-order chi connectivity index (χ0) is 15.6. The number of hydrogen-bond donors (Lipinski definition) is 2. The van der Waals surface area contributed by atoms with Gasteiger partial charge in [0.2, 0.25) is 0 Å². The minimum atomic E-state index is 0.191. The Balaban J connectivity index is 1.83. The Morgan fingerprint density at radius 1 is 1.32 bits per heavy atom. The normalized spacial score (nSPS) is 17.8. The van der Waals surface area contributed by atoms with Crippen molar-refractivity contribution < 1.29 is 4.74 Å². The topological polar surface area (TPSA) is 59.1 Å². The van der Waals surface area contributed by atoms with Crippen LogP contribution in [0.5, 0.6) is 0 Å². The Morgan fingerprint density at radius 2 is 2.09 bits per heavy atom. The summed E-state index contributed by atoms with van der Waals surface area (Å²) in [6.45, 7) is 8.09. The van der Waals surface area contributed by atoms with Crippen molar-refractivity contribution in [2.75, 3.05) is 38.7 Å². The quantitative estimate of drug-likeness (QED) is 0.887. The van der Waals surface area contributed by atoms with E-state index in [9.17, 15) is 0 Å². The van der Waals surface area contributed by atoms with Crippen LogP contribution in [0.3, 0.4) is 0 Å². The van der Waals surface area contributed by atoms with E-state index in [1.165, 1.54) is 15.8 Å². The van der Waals surface area contributed by atoms with Gasteiger partial charge in [0.1, 0.15) is 17.0 Å². The lowest BCUT2D eigenvalue weighted by molar-refractivity contribution is 0.0635. The van der Waals surface area contributed by atoms with E-state index < -0.39 is 0 Å². The standard InChI is InChI=1S/C16H24N4OS/c1-11-12(2)22-15-13(11)14(19-10-20-15)18-8-16(9-21-3)4-6-17-7-5-16/h10,17H,4-9H2,1-3H3,(H,18,19,20). The Bertz CT molecular complexity index is 643. The highest BCUT2D eigenvalue weighted by Crippen LogP contribution is 2.34. The molecule has 0 radical (unpaired) electrons. The molecule has 120 valence electrons. The monoisotopic (exact) mass is 320 g/mol. The van der Waals surface area contributed by atoms with Gasteiger partial charge in [-0.25, -0.2) is 9.97 Å². The first-order chi connectivity index (χ1) is 10.7. The highest BCUT2D eigenvalue weighted by molar-refractivity contribution is 7.18. The van der Waals surface area contributed by atoms with Crippen molar-refractivity contribution in [3.05, 3.63) is 16.8 Å². The number of fused-ring (bicyclic) bond motifs is 1. The molecule has 1 aliphatic rings. The molecule has 6 heteroatoms. The first kappa shape index (κ1) is 15.6. The predicted octanol–water partition coefficient (Wildman–Crippen LogP) is 2.74. The van der Waals surface area contributed by atoms with E-state index in [2.05, 4.69) is 34.4 Å². The Hall–Kier alpha value is -1.24. The van der Waals surface area contributed by atoms with Crippen LogP contribution in [0.25, 0.3) is 10.2 Å². The third-order valence-corrected chi connectivity index (χ3v) is 5.83. The molecule has 0 amide bonds. The number of methoxy groups -OCH3 is 1. The second kappa shape index (κ2) is 6.48. The number of hydrogen-bond acceptors (Lipinski definition) is 6. The van der Waals surface area contributed by atoms with Gasteiger partial charge in [0.25, 0.3) is 0 Å². The molecule has 0 spiro atoms. The van der Waals surface area contributed by atoms with Crippen LogP contribution < -0.4 is 10.6 Å². The molecule has 1 saturated heterocycles. The molecule has 22 heavy (non-hydrogen) atoms. The van der Waals surface area contributed by atoms with Crippen molar-refractivity contribution in [3.8, 4) is 0 Å². The minimum Gasteiger partial charge on any atom is -0.384 e. The van der Waals surface area contributed by atoms with Gasteiger partial charge in [-0.15, -0.1) is 11.3 Å². The van der Waals surface area contributed by atoms with Crippen LogP contribution in [0, 0.1) is 19.3 Å². The zero-order valence-electron chi connectivity index (χ0n) is 13.5. The van der Waals surface area contributed by atoms with Crippen LogP contribution in [0.2, 0.25) is 0 Å². The second-order valence-electron chi connectivity index (χ2n) is 6.22. The maximum Gasteiger partial charge on any atom is 0.138 e. The molecule has 3 rings (SSSR count). The van der Waals surface area contributed by atoms with Crippen LogP contribution in [0.1, 0.15) is 23.3 Å². The van der Waals surface area contributed by atoms with Crippen LogP contribution in [-0.4, -0.2) is 43.3 Å². The van der Waals surface area contributed by atoms with E-state index in [1.54, 1.807) is 24.8 Å². The fraction of sp³-hybridized carbons (Fsp3) is 0.625. The van der Waals surface area contributed by atoms with E-state index in [1.807, 2.05) is 0 Å². The van der Waals surface area contributed by atoms with E-state index in [0.717, 1.165) is 49.7 Å². The van der Waals surface area contributed by atoms with Crippen LogP contribution >= 0.6 is 11.3 Å². The third-order valence-electron chi connectivity index (χ3n) is 4.71. The van der Waals surface area contributed by atoms with E-state index in [4.69, 9.17) is 4.74 Å². The number of thiophene rings is 1. The molecule has 2 aromatic rings. The van der Waals surface area contributed by atoms with Crippen molar-refractivity contribution >= 4 is 27.4 Å². The molecule has 0 aromatic carbocycles. The number of nitrogens with zero attached hydrogens (tertiary/aromatic N) is 2. The van der Waals surface area contributed by atoms with Crippen LogP contribution in [-0.2, 0) is 4.74 Å². The lowest BCUT2D eigenvalue weighted by atomic mass is 9.79. The summed E-state index contributed by atoms with van der Waals surface area (Å²) in [7, 11) is 1.79. The average Bonchev–Trinajstić information content (AvgIpc) is 2.82. The zero-order valence-corrected chi connectivity index (χ0v) is 14.3. The van der Waals surface area contributed by atoms with Gasteiger partial charge in [-0.2, -0.15) is 0 Å². The first-order valence-corrected chi connectivity index (χ1v) is 8.61. The molecule has 1 fully saturated rings. The summed E-state index contributed by atoms with van der Waals surface area (Å²) in [4.78, 5) is 11.3. The third kappa shape index (κ3) is 2.95. The summed E-state index contributed by atoms with van der Waals surface area (Å²) in [5.74, 6) is 0.959. The van der Waals surface area contributed by atoms with E-state index >= 15 is 0 Å². The summed E-state index contributed by atoms with van der Waals surface area (Å²) < 4.78 is 5.49. The molecule has 5 nitrogen and oxygen atoms in total. The maximum absolute atomic E-state index is 5.49. The smallest absolute Gasteiger partial charge is 0.138 e. The van der Waals surface area contributed by atoms with Gasteiger partial charge in [0, 0.05) is 23.9 Å². The van der Waals surface area contributed by atoms with Gasteiger partial charge in [-0.1, -0.05) is 0 Å². The van der Waals surface area contributed by atoms with Crippen LogP contribution in [0.15, 0.2) is 6.33 Å². The van der Waals surface area contributed by atoms with Crippen molar-refractivity contribution in [1.29, 1.82) is 0 Å². The minimum absolute atomic E-state index is 0.191. The number of anilines is 1. The molecular weight excluding hydrogens is 296 g/mol. The Morgan fingerprint density at radius 3 is 2.82 bits per heavy atom. The largest absolute Gasteiger partial charge is 0.384 e. The van der Waals surface area contributed by atoms with Crippen molar-refractivity contribution in [1.82, 2.24) is 15.3 Å². The molecular formula is C16H24N4OS. The summed E-state index contributed by atoms with van der Waals surface area (Å²) in [6.07, 6.45) is 3.92. The summed E-state index contributed by atoms with van der Waals surface area (Å²) in [6, 6.07) is 0. The summed E-state index contributed by atoms with van der Waals surface area (Å²) in [5, 5.41) is 8.19. The van der Waals surface area contributed by atoms with Gasteiger partial charge >= 0.3 is 0 Å². The first-order valence-electron chi connectivity index (χ1n) is 7.79. The van der Waals surface area contributed by atoms with Gasteiger partial charge in [-0.05, 0) is 45.3 Å². The van der Waals surface area contributed by atoms with Gasteiger partial charge in [0.15, 0.2) is 0 Å². The maximum atomic E-state index is 5.49. The van der Waals surface area contributed by atoms with Crippen molar-refractivity contribution in [2.24, 2.45) is 5.41 Å².